The molecule has 3 heteroatoms. The van der Waals surface area contributed by atoms with Crippen molar-refractivity contribution >= 4 is 21.9 Å². The first-order valence-corrected chi connectivity index (χ1v) is 8.82. The largest absolute Gasteiger partial charge is 0.355 e. The molecule has 2 heterocycles. The molecule has 0 bridgehead atoms. The highest BCUT2D eigenvalue weighted by Crippen LogP contribution is 2.30. The Labute approximate surface area is 151 Å². The molecular formula is C23H19N3. The van der Waals surface area contributed by atoms with Crippen molar-refractivity contribution < 1.29 is 0 Å². The smallest absolute Gasteiger partial charge is 0.104 e. The molecule has 0 aliphatic carbocycles. The summed E-state index contributed by atoms with van der Waals surface area (Å²) in [7, 11) is 0. The zero-order chi connectivity index (χ0) is 17.7. The normalized spacial score (nSPS) is 11.5. The molecule has 0 saturated heterocycles. The Balaban J connectivity index is 1.60. The molecule has 3 aromatic carbocycles. The van der Waals surface area contributed by atoms with Gasteiger partial charge in [-0.25, -0.2) is 4.98 Å². The van der Waals surface area contributed by atoms with Crippen LogP contribution in [-0.2, 0) is 0 Å². The Kier molecular flexibility index (Phi) is 3.22. The first kappa shape index (κ1) is 15.0. The van der Waals surface area contributed by atoms with Gasteiger partial charge in [0.2, 0.25) is 0 Å². The third-order valence-electron chi connectivity index (χ3n) is 4.89. The van der Waals surface area contributed by atoms with Crippen LogP contribution in [0.5, 0.6) is 0 Å². The summed E-state index contributed by atoms with van der Waals surface area (Å²) in [6.45, 7) is 4.11. The van der Waals surface area contributed by atoms with Gasteiger partial charge in [-0.2, -0.15) is 0 Å². The van der Waals surface area contributed by atoms with Crippen LogP contribution in [0.1, 0.15) is 11.4 Å². The molecule has 0 radical (unpaired) electrons. The Morgan fingerprint density at radius 2 is 1.50 bits per heavy atom. The number of fused-ring (bicyclic) bond motifs is 2. The van der Waals surface area contributed by atoms with Gasteiger partial charge in [0.15, 0.2) is 0 Å². The summed E-state index contributed by atoms with van der Waals surface area (Å²) < 4.78 is 0. The summed E-state index contributed by atoms with van der Waals surface area (Å²) in [5, 5.41) is 1.23. The van der Waals surface area contributed by atoms with Crippen LogP contribution in [0.4, 0.5) is 0 Å². The lowest BCUT2D eigenvalue weighted by atomic mass is 10.0. The molecule has 0 unspecified atom stereocenters. The van der Waals surface area contributed by atoms with Crippen LogP contribution in [0.2, 0.25) is 0 Å². The summed E-state index contributed by atoms with van der Waals surface area (Å²) >= 11 is 0. The van der Waals surface area contributed by atoms with E-state index in [9.17, 15) is 0 Å². The van der Waals surface area contributed by atoms with Gasteiger partial charge in [-0.1, -0.05) is 42.0 Å². The number of nitrogens with one attached hydrogen (secondary N) is 2. The highest BCUT2D eigenvalue weighted by atomic mass is 14.9. The molecule has 0 amide bonds. The zero-order valence-electron chi connectivity index (χ0n) is 14.8. The van der Waals surface area contributed by atoms with Crippen LogP contribution in [0.15, 0.2) is 66.7 Å². The summed E-state index contributed by atoms with van der Waals surface area (Å²) in [6, 6.07) is 23.8. The maximum absolute atomic E-state index is 4.48. The number of rotatable bonds is 2. The quantitative estimate of drug-likeness (QED) is 0.408. The fourth-order valence-corrected chi connectivity index (χ4v) is 3.59. The summed E-state index contributed by atoms with van der Waals surface area (Å²) in [5.74, 6) is 0.944. The van der Waals surface area contributed by atoms with Crippen molar-refractivity contribution in [2.75, 3.05) is 0 Å². The van der Waals surface area contributed by atoms with E-state index in [1.807, 2.05) is 6.92 Å². The fraction of sp³-hybridized carbons (Fsp3) is 0.0870. The SMILES string of the molecule is Cc1cccc(-c2cc3ccc(-c4ccc5nc(C)[nH]c5c4)cc3[nH]2)c1. The van der Waals surface area contributed by atoms with E-state index in [2.05, 4.69) is 88.6 Å². The lowest BCUT2D eigenvalue weighted by molar-refractivity contribution is 1.17. The van der Waals surface area contributed by atoms with Gasteiger partial charge >= 0.3 is 0 Å². The van der Waals surface area contributed by atoms with Crippen LogP contribution in [-0.4, -0.2) is 15.0 Å². The maximum atomic E-state index is 4.48. The average molecular weight is 337 g/mol. The number of aromatic amines is 2. The van der Waals surface area contributed by atoms with Crippen molar-refractivity contribution in [2.45, 2.75) is 13.8 Å². The number of aromatic nitrogens is 3. The van der Waals surface area contributed by atoms with E-state index in [-0.39, 0.29) is 0 Å². The van der Waals surface area contributed by atoms with Gasteiger partial charge in [-0.3, -0.25) is 0 Å². The van der Waals surface area contributed by atoms with Gasteiger partial charge in [-0.05, 0) is 60.9 Å². The zero-order valence-corrected chi connectivity index (χ0v) is 14.8. The molecule has 0 fully saturated rings. The molecule has 0 atom stereocenters. The van der Waals surface area contributed by atoms with Gasteiger partial charge in [0, 0.05) is 16.6 Å². The summed E-state index contributed by atoms with van der Waals surface area (Å²) in [6.07, 6.45) is 0. The number of hydrogen-bond acceptors (Lipinski definition) is 1. The second-order valence-electron chi connectivity index (χ2n) is 6.91. The molecular weight excluding hydrogens is 318 g/mol. The molecule has 126 valence electrons. The van der Waals surface area contributed by atoms with Crippen LogP contribution >= 0.6 is 0 Å². The van der Waals surface area contributed by atoms with Crippen molar-refractivity contribution in [3.8, 4) is 22.4 Å². The van der Waals surface area contributed by atoms with E-state index in [0.29, 0.717) is 0 Å². The Morgan fingerprint density at radius 3 is 2.35 bits per heavy atom. The number of benzene rings is 3. The minimum atomic E-state index is 0.944. The highest BCUT2D eigenvalue weighted by molar-refractivity contribution is 5.91. The van der Waals surface area contributed by atoms with Gasteiger partial charge in [0.1, 0.15) is 5.82 Å². The van der Waals surface area contributed by atoms with Gasteiger partial charge in [-0.15, -0.1) is 0 Å². The molecule has 0 saturated carbocycles. The van der Waals surface area contributed by atoms with Crippen LogP contribution in [0.25, 0.3) is 44.3 Å². The number of aryl methyl sites for hydroxylation is 2. The Morgan fingerprint density at radius 1 is 0.692 bits per heavy atom. The standard InChI is InChI=1S/C23H19N3/c1-14-4-3-5-18(10-14)22-13-19-7-6-16(11-21(19)26-22)17-8-9-20-23(12-17)25-15(2)24-20/h3-13,26H,1-2H3,(H,24,25). The Bertz CT molecular complexity index is 1260. The first-order chi connectivity index (χ1) is 12.7. The minimum absolute atomic E-state index is 0.944. The highest BCUT2D eigenvalue weighted by Gasteiger charge is 2.07. The van der Waals surface area contributed by atoms with Crippen molar-refractivity contribution in [3.63, 3.8) is 0 Å². The van der Waals surface area contributed by atoms with Crippen molar-refractivity contribution in [3.05, 3.63) is 78.1 Å². The van der Waals surface area contributed by atoms with Crippen LogP contribution in [0, 0.1) is 13.8 Å². The second-order valence-corrected chi connectivity index (χ2v) is 6.91. The van der Waals surface area contributed by atoms with E-state index in [1.165, 1.54) is 27.6 Å². The average Bonchev–Trinajstić information content (AvgIpc) is 3.22. The van der Waals surface area contributed by atoms with Crippen LogP contribution < -0.4 is 0 Å². The third kappa shape index (κ3) is 2.49. The molecule has 26 heavy (non-hydrogen) atoms. The predicted molar refractivity (Wildman–Crippen MR) is 108 cm³/mol. The fourth-order valence-electron chi connectivity index (χ4n) is 3.59. The lowest BCUT2D eigenvalue weighted by Crippen LogP contribution is -1.80. The van der Waals surface area contributed by atoms with Crippen molar-refractivity contribution in [1.29, 1.82) is 0 Å². The predicted octanol–water partition coefficient (Wildman–Crippen LogP) is 6.00. The molecule has 0 spiro atoms. The number of H-pyrrole nitrogens is 2. The van der Waals surface area contributed by atoms with E-state index in [0.717, 1.165) is 28.1 Å². The van der Waals surface area contributed by atoms with E-state index >= 15 is 0 Å². The van der Waals surface area contributed by atoms with E-state index in [4.69, 9.17) is 0 Å². The molecule has 5 aromatic rings. The van der Waals surface area contributed by atoms with Crippen LogP contribution in [0.3, 0.4) is 0 Å². The first-order valence-electron chi connectivity index (χ1n) is 8.82. The van der Waals surface area contributed by atoms with E-state index in [1.54, 1.807) is 0 Å². The minimum Gasteiger partial charge on any atom is -0.355 e. The number of nitrogens with zero attached hydrogens (tertiary/aromatic N) is 1. The second kappa shape index (κ2) is 5.60. The monoisotopic (exact) mass is 337 g/mol. The molecule has 0 aliphatic heterocycles. The molecule has 3 nitrogen and oxygen atoms in total. The van der Waals surface area contributed by atoms with Crippen molar-refractivity contribution in [2.24, 2.45) is 0 Å². The van der Waals surface area contributed by atoms with Gasteiger partial charge in [0.25, 0.3) is 0 Å². The van der Waals surface area contributed by atoms with Crippen molar-refractivity contribution in [1.82, 2.24) is 15.0 Å². The Hall–Kier alpha value is -3.33. The molecule has 2 aromatic heterocycles. The molecule has 2 N–H and O–H groups in total. The summed E-state index contributed by atoms with van der Waals surface area (Å²) in [5.41, 5.74) is 9.27. The summed E-state index contributed by atoms with van der Waals surface area (Å²) in [4.78, 5) is 11.4. The molecule has 0 aliphatic rings. The topological polar surface area (TPSA) is 44.5 Å². The molecule has 5 rings (SSSR count). The maximum Gasteiger partial charge on any atom is 0.104 e. The lowest BCUT2D eigenvalue weighted by Gasteiger charge is -2.02. The number of imidazole rings is 1. The number of hydrogen-bond donors (Lipinski definition) is 2. The third-order valence-corrected chi connectivity index (χ3v) is 4.89. The van der Waals surface area contributed by atoms with Gasteiger partial charge in [0.05, 0.1) is 11.0 Å². The van der Waals surface area contributed by atoms with E-state index < -0.39 is 0 Å². The van der Waals surface area contributed by atoms with Gasteiger partial charge < -0.3 is 9.97 Å².